The number of methoxy groups -OCH3 is 1. The van der Waals surface area contributed by atoms with E-state index in [0.717, 1.165) is 28.5 Å². The molecule has 0 bridgehead atoms. The van der Waals surface area contributed by atoms with Gasteiger partial charge in [0.25, 0.3) is 0 Å². The summed E-state index contributed by atoms with van der Waals surface area (Å²) in [6, 6.07) is 11.8. The zero-order chi connectivity index (χ0) is 27.2. The quantitative estimate of drug-likeness (QED) is 0.333. The van der Waals surface area contributed by atoms with Crippen molar-refractivity contribution in [2.75, 3.05) is 14.2 Å². The average molecular weight is 550 g/mol. The minimum Gasteiger partial charge on any atom is -0.497 e. The molecule has 0 saturated heterocycles. The summed E-state index contributed by atoms with van der Waals surface area (Å²) in [6.07, 6.45) is 2.61. The van der Waals surface area contributed by atoms with Crippen LogP contribution in [-0.4, -0.2) is 58.7 Å². The number of carboxylic acid groups (broad SMARTS) is 1. The Morgan fingerprint density at radius 2 is 1.76 bits per heavy atom. The van der Waals surface area contributed by atoms with E-state index < -0.39 is 22.0 Å². The average Bonchev–Trinajstić information content (AvgIpc) is 3.19. The molecule has 0 spiro atoms. The van der Waals surface area contributed by atoms with Crippen LogP contribution < -0.4 is 4.74 Å². The molecule has 3 aromatic rings. The Balaban J connectivity index is 1.81. The van der Waals surface area contributed by atoms with Gasteiger partial charge in [0.1, 0.15) is 17.6 Å². The number of likely N-dealkylation sites (N-methyl/N-ethyl adjacent to an activating group) is 1. The highest BCUT2D eigenvalue weighted by Gasteiger charge is 2.33. The second-order valence-corrected chi connectivity index (χ2v) is 11.0. The van der Waals surface area contributed by atoms with Crippen molar-refractivity contribution in [2.24, 2.45) is 0 Å². The minimum absolute atomic E-state index is 0.000989. The first-order valence-electron chi connectivity index (χ1n) is 11.9. The second-order valence-electron chi connectivity index (χ2n) is 8.68. The Kier molecular flexibility index (Phi) is 9.72. The molecule has 0 saturated carbocycles. The van der Waals surface area contributed by atoms with Gasteiger partial charge in [0.15, 0.2) is 5.15 Å². The summed E-state index contributed by atoms with van der Waals surface area (Å²) in [5.74, 6) is 0.139. The predicted octanol–water partition coefficient (Wildman–Crippen LogP) is 3.74. The molecule has 37 heavy (non-hydrogen) atoms. The SMILES string of the molecule is CCCCc1nc(Cl)c(CO)n1Cc1ccc(S(=O)(=O)N(C)[C@@H](Cc2ccc(OC)cc2)C(=O)O)cc1. The Morgan fingerprint density at radius 3 is 2.30 bits per heavy atom. The zero-order valence-corrected chi connectivity index (χ0v) is 22.7. The molecule has 0 aliphatic carbocycles. The van der Waals surface area contributed by atoms with Gasteiger partial charge in [-0.15, -0.1) is 0 Å². The number of rotatable bonds is 13. The normalized spacial score (nSPS) is 12.6. The van der Waals surface area contributed by atoms with E-state index in [-0.39, 0.29) is 23.1 Å². The van der Waals surface area contributed by atoms with Crippen molar-refractivity contribution in [2.45, 2.75) is 56.7 Å². The lowest BCUT2D eigenvalue weighted by molar-refractivity contribution is -0.141. The van der Waals surface area contributed by atoms with Crippen molar-refractivity contribution in [3.05, 3.63) is 76.3 Å². The summed E-state index contributed by atoms with van der Waals surface area (Å²) in [7, 11) is -1.29. The molecule has 2 N–H and O–H groups in total. The van der Waals surface area contributed by atoms with Crippen molar-refractivity contribution in [3.63, 3.8) is 0 Å². The van der Waals surface area contributed by atoms with Crippen LogP contribution in [0.3, 0.4) is 0 Å². The van der Waals surface area contributed by atoms with Gasteiger partial charge in [-0.2, -0.15) is 4.31 Å². The van der Waals surface area contributed by atoms with Crippen molar-refractivity contribution in [3.8, 4) is 5.75 Å². The van der Waals surface area contributed by atoms with Crippen molar-refractivity contribution < 1.29 is 28.2 Å². The van der Waals surface area contributed by atoms with Crippen LogP contribution in [0.4, 0.5) is 0 Å². The Labute approximate surface area is 222 Å². The topological polar surface area (TPSA) is 122 Å². The number of hydrogen-bond donors (Lipinski definition) is 2. The molecule has 200 valence electrons. The maximum Gasteiger partial charge on any atom is 0.322 e. The van der Waals surface area contributed by atoms with E-state index in [2.05, 4.69) is 11.9 Å². The molecule has 1 aromatic heterocycles. The van der Waals surface area contributed by atoms with Crippen LogP contribution in [-0.2, 0) is 40.8 Å². The third-order valence-electron chi connectivity index (χ3n) is 6.26. The van der Waals surface area contributed by atoms with Crippen molar-refractivity contribution in [1.29, 1.82) is 0 Å². The monoisotopic (exact) mass is 549 g/mol. The summed E-state index contributed by atoms with van der Waals surface area (Å²) in [5.41, 5.74) is 1.96. The number of nitrogens with zero attached hydrogens (tertiary/aromatic N) is 3. The van der Waals surface area contributed by atoms with Crippen LogP contribution in [0.25, 0.3) is 0 Å². The Hall–Kier alpha value is -2.92. The lowest BCUT2D eigenvalue weighted by Gasteiger charge is -2.24. The predicted molar refractivity (Wildman–Crippen MR) is 140 cm³/mol. The first kappa shape index (κ1) is 28.6. The molecular formula is C26H32ClN3O6S. The van der Waals surface area contributed by atoms with Crippen LogP contribution in [0.2, 0.25) is 5.15 Å². The molecule has 1 heterocycles. The van der Waals surface area contributed by atoms with Gasteiger partial charge >= 0.3 is 5.97 Å². The van der Waals surface area contributed by atoms with E-state index in [9.17, 15) is 23.4 Å². The maximum atomic E-state index is 13.3. The highest BCUT2D eigenvalue weighted by molar-refractivity contribution is 7.89. The van der Waals surface area contributed by atoms with Crippen LogP contribution in [0.5, 0.6) is 5.75 Å². The number of aliphatic hydroxyl groups excluding tert-OH is 1. The Bertz CT molecular complexity index is 1310. The fourth-order valence-electron chi connectivity index (χ4n) is 4.01. The molecule has 3 rings (SSSR count). The highest BCUT2D eigenvalue weighted by Crippen LogP contribution is 2.24. The number of aliphatic hydroxyl groups is 1. The molecule has 0 fully saturated rings. The summed E-state index contributed by atoms with van der Waals surface area (Å²) < 4.78 is 34.4. The van der Waals surface area contributed by atoms with Gasteiger partial charge in [0.2, 0.25) is 10.0 Å². The fourth-order valence-corrected chi connectivity index (χ4v) is 5.58. The van der Waals surface area contributed by atoms with Gasteiger partial charge in [-0.05, 0) is 48.2 Å². The molecule has 0 radical (unpaired) electrons. The second kappa shape index (κ2) is 12.6. The first-order chi connectivity index (χ1) is 17.6. The van der Waals surface area contributed by atoms with E-state index in [1.54, 1.807) is 36.4 Å². The molecule has 2 aromatic carbocycles. The van der Waals surface area contributed by atoms with Crippen molar-refractivity contribution >= 4 is 27.6 Å². The van der Waals surface area contributed by atoms with Crippen LogP contribution in [0.1, 0.15) is 42.4 Å². The first-order valence-corrected chi connectivity index (χ1v) is 13.7. The van der Waals surface area contributed by atoms with Gasteiger partial charge in [-0.1, -0.05) is 49.2 Å². The highest BCUT2D eigenvalue weighted by atomic mass is 35.5. The number of aliphatic carboxylic acids is 1. The Morgan fingerprint density at radius 1 is 1.14 bits per heavy atom. The summed E-state index contributed by atoms with van der Waals surface area (Å²) in [4.78, 5) is 16.4. The number of ether oxygens (including phenoxy) is 1. The lowest BCUT2D eigenvalue weighted by atomic mass is 10.1. The number of aryl methyl sites for hydroxylation is 1. The number of imidazole rings is 1. The number of carboxylic acids is 1. The molecule has 11 heteroatoms. The smallest absolute Gasteiger partial charge is 0.322 e. The van der Waals surface area contributed by atoms with E-state index in [1.807, 2.05) is 4.57 Å². The van der Waals surface area contributed by atoms with E-state index >= 15 is 0 Å². The number of carbonyl (C=O) groups is 1. The van der Waals surface area contributed by atoms with E-state index in [0.29, 0.717) is 30.0 Å². The number of sulfonamides is 1. The van der Waals surface area contributed by atoms with Crippen molar-refractivity contribution in [1.82, 2.24) is 13.9 Å². The molecule has 0 amide bonds. The number of aromatic nitrogens is 2. The zero-order valence-electron chi connectivity index (χ0n) is 21.1. The van der Waals surface area contributed by atoms with Gasteiger partial charge in [-0.3, -0.25) is 4.79 Å². The number of halogens is 1. The third-order valence-corrected chi connectivity index (χ3v) is 8.44. The molecule has 0 unspecified atom stereocenters. The van der Waals surface area contributed by atoms with Gasteiger partial charge in [-0.25, -0.2) is 13.4 Å². The third kappa shape index (κ3) is 6.70. The molecule has 1 atom stereocenters. The number of unbranched alkanes of at least 4 members (excludes halogenated alkanes) is 1. The minimum atomic E-state index is -4.09. The van der Waals surface area contributed by atoms with Gasteiger partial charge < -0.3 is 19.5 Å². The van der Waals surface area contributed by atoms with Crippen LogP contribution in [0, 0.1) is 0 Å². The molecule has 9 nitrogen and oxygen atoms in total. The van der Waals surface area contributed by atoms with E-state index in [4.69, 9.17) is 16.3 Å². The number of benzene rings is 2. The summed E-state index contributed by atoms with van der Waals surface area (Å²) in [6.45, 7) is 2.17. The molecular weight excluding hydrogens is 518 g/mol. The fraction of sp³-hybridized carbons (Fsp3) is 0.385. The largest absolute Gasteiger partial charge is 0.497 e. The van der Waals surface area contributed by atoms with Crippen LogP contribution >= 0.6 is 11.6 Å². The number of hydrogen-bond acceptors (Lipinski definition) is 6. The maximum absolute atomic E-state index is 13.3. The summed E-state index contributed by atoms with van der Waals surface area (Å²) >= 11 is 6.21. The lowest BCUT2D eigenvalue weighted by Crippen LogP contribution is -2.43. The van der Waals surface area contributed by atoms with Gasteiger partial charge in [0, 0.05) is 20.0 Å². The molecule has 0 aliphatic heterocycles. The van der Waals surface area contributed by atoms with E-state index in [1.165, 1.54) is 26.3 Å². The van der Waals surface area contributed by atoms with Gasteiger partial charge in [0.05, 0.1) is 24.3 Å². The molecule has 0 aliphatic rings. The standard InChI is InChI=1S/C26H32ClN3O6S/c1-4-5-6-24-28-25(27)23(17-31)30(24)16-19-9-13-21(14-10-19)37(34,35)29(2)22(26(32)33)15-18-7-11-20(36-3)12-8-18/h7-14,22,31H,4-6,15-17H2,1-3H3,(H,32,33)/t22-/m0/s1. The summed E-state index contributed by atoms with van der Waals surface area (Å²) in [5, 5.41) is 19.8. The van der Waals surface area contributed by atoms with Crippen LogP contribution in [0.15, 0.2) is 53.4 Å².